The van der Waals surface area contributed by atoms with Gasteiger partial charge < -0.3 is 15.1 Å². The second-order valence-electron chi connectivity index (χ2n) is 5.43. The quantitative estimate of drug-likeness (QED) is 0.824. The zero-order valence-electron chi connectivity index (χ0n) is 13.0. The van der Waals surface area contributed by atoms with Crippen molar-refractivity contribution < 1.29 is 0 Å². The van der Waals surface area contributed by atoms with Crippen molar-refractivity contribution in [2.75, 3.05) is 31.1 Å². The van der Waals surface area contributed by atoms with E-state index in [9.17, 15) is 0 Å². The lowest BCUT2D eigenvalue weighted by Crippen LogP contribution is -2.51. The van der Waals surface area contributed by atoms with E-state index in [1.54, 1.807) is 24.7 Å². The van der Waals surface area contributed by atoms with Crippen LogP contribution in [0.25, 0.3) is 0 Å². The van der Waals surface area contributed by atoms with Gasteiger partial charge in [0.05, 0.1) is 6.20 Å². The molecule has 24 heavy (non-hydrogen) atoms. The van der Waals surface area contributed by atoms with E-state index < -0.39 is 0 Å². The summed E-state index contributed by atoms with van der Waals surface area (Å²) in [7, 11) is 0. The van der Waals surface area contributed by atoms with Gasteiger partial charge in [0.2, 0.25) is 0 Å². The molecule has 1 saturated heterocycles. The number of nitrogens with zero attached hydrogens (tertiary/aromatic N) is 4. The van der Waals surface area contributed by atoms with Gasteiger partial charge in [0, 0.05) is 55.2 Å². The van der Waals surface area contributed by atoms with Gasteiger partial charge in [-0.3, -0.25) is 4.98 Å². The number of halogens is 2. The normalized spacial score (nSPS) is 14.6. The molecular weight excluding hydrogens is 365 g/mol. The monoisotopic (exact) mass is 381 g/mol. The van der Waals surface area contributed by atoms with E-state index >= 15 is 0 Å². The second kappa shape index (κ2) is 7.96. The van der Waals surface area contributed by atoms with Gasteiger partial charge in [-0.25, -0.2) is 4.98 Å². The van der Waals surface area contributed by atoms with Crippen molar-refractivity contribution in [3.63, 3.8) is 0 Å². The van der Waals surface area contributed by atoms with E-state index in [1.807, 2.05) is 12.1 Å². The van der Waals surface area contributed by atoms with Gasteiger partial charge in [0.1, 0.15) is 5.82 Å². The minimum Gasteiger partial charge on any atom is -0.358 e. The van der Waals surface area contributed by atoms with Crippen LogP contribution in [0.3, 0.4) is 0 Å². The Labute approximate surface area is 156 Å². The van der Waals surface area contributed by atoms with Gasteiger partial charge in [-0.1, -0.05) is 29.3 Å². The van der Waals surface area contributed by atoms with E-state index in [1.165, 1.54) is 0 Å². The van der Waals surface area contributed by atoms with Crippen LogP contribution in [0.2, 0.25) is 10.0 Å². The van der Waals surface area contributed by atoms with Crippen LogP contribution >= 0.6 is 35.4 Å². The lowest BCUT2D eigenvalue weighted by atomic mass is 10.2. The lowest BCUT2D eigenvalue weighted by molar-refractivity contribution is 0.378. The molecule has 2 aromatic rings. The van der Waals surface area contributed by atoms with Crippen LogP contribution in [0.1, 0.15) is 5.56 Å². The number of benzene rings is 1. The molecule has 3 rings (SSSR count). The Morgan fingerprint density at radius 2 is 1.96 bits per heavy atom. The number of hydrogen-bond acceptors (Lipinski definition) is 4. The van der Waals surface area contributed by atoms with E-state index in [2.05, 4.69) is 25.1 Å². The largest absolute Gasteiger partial charge is 0.358 e. The molecule has 1 aliphatic rings. The van der Waals surface area contributed by atoms with E-state index in [-0.39, 0.29) is 0 Å². The molecule has 0 atom stereocenters. The first-order valence-electron chi connectivity index (χ1n) is 7.61. The Bertz CT molecular complexity index is 705. The standard InChI is InChI=1S/C16H17Cl2N5S/c17-13-2-1-12(14(18)9-13)10-21-16(24)23-7-5-22(6-8-23)15-11-19-3-4-20-15/h1-4,9,11H,5-8,10H2,(H,21,24). The molecule has 1 aromatic carbocycles. The highest BCUT2D eigenvalue weighted by atomic mass is 35.5. The van der Waals surface area contributed by atoms with Crippen molar-refractivity contribution in [1.29, 1.82) is 0 Å². The summed E-state index contributed by atoms with van der Waals surface area (Å²) in [5.74, 6) is 0.906. The summed E-state index contributed by atoms with van der Waals surface area (Å²) in [6.07, 6.45) is 5.18. The van der Waals surface area contributed by atoms with E-state index in [0.29, 0.717) is 16.6 Å². The van der Waals surface area contributed by atoms with Gasteiger partial charge in [0.15, 0.2) is 5.11 Å². The minimum atomic E-state index is 0.583. The molecule has 1 N–H and O–H groups in total. The van der Waals surface area contributed by atoms with Crippen LogP contribution in [-0.2, 0) is 6.54 Å². The minimum absolute atomic E-state index is 0.583. The summed E-state index contributed by atoms with van der Waals surface area (Å²) in [6.45, 7) is 4.00. The van der Waals surface area contributed by atoms with Crippen LogP contribution in [0.15, 0.2) is 36.8 Å². The summed E-state index contributed by atoms with van der Waals surface area (Å²) in [5.41, 5.74) is 0.974. The van der Waals surface area contributed by atoms with Gasteiger partial charge in [-0.05, 0) is 29.9 Å². The number of aromatic nitrogens is 2. The van der Waals surface area contributed by atoms with Crippen LogP contribution in [0.4, 0.5) is 5.82 Å². The van der Waals surface area contributed by atoms with Crippen molar-refractivity contribution >= 4 is 46.4 Å². The number of anilines is 1. The fraction of sp³-hybridized carbons (Fsp3) is 0.312. The number of rotatable bonds is 3. The number of thiocarbonyl (C=S) groups is 1. The summed E-state index contributed by atoms with van der Waals surface area (Å²) >= 11 is 17.6. The molecule has 0 amide bonds. The third kappa shape index (κ3) is 4.26. The first-order valence-corrected chi connectivity index (χ1v) is 8.77. The average Bonchev–Trinajstić information content (AvgIpc) is 2.62. The lowest BCUT2D eigenvalue weighted by Gasteiger charge is -2.36. The topological polar surface area (TPSA) is 44.3 Å². The van der Waals surface area contributed by atoms with Crippen molar-refractivity contribution in [2.45, 2.75) is 6.54 Å². The Kier molecular flexibility index (Phi) is 5.71. The number of piperazine rings is 1. The van der Waals surface area contributed by atoms with Gasteiger partial charge in [0.25, 0.3) is 0 Å². The molecule has 0 aliphatic carbocycles. The molecular formula is C16H17Cl2N5S. The first-order chi connectivity index (χ1) is 11.6. The van der Waals surface area contributed by atoms with Crippen LogP contribution in [0, 0.1) is 0 Å². The molecule has 126 valence electrons. The molecule has 1 aromatic heterocycles. The Hall–Kier alpha value is -1.63. The maximum absolute atomic E-state index is 6.18. The van der Waals surface area contributed by atoms with Crippen LogP contribution < -0.4 is 10.2 Å². The Morgan fingerprint density at radius 1 is 1.17 bits per heavy atom. The molecule has 0 spiro atoms. The Balaban J connectivity index is 1.50. The second-order valence-corrected chi connectivity index (χ2v) is 6.66. The average molecular weight is 382 g/mol. The van der Waals surface area contributed by atoms with Crippen LogP contribution in [-0.4, -0.2) is 46.2 Å². The van der Waals surface area contributed by atoms with Crippen molar-refractivity contribution in [3.8, 4) is 0 Å². The van der Waals surface area contributed by atoms with Crippen molar-refractivity contribution in [2.24, 2.45) is 0 Å². The third-order valence-electron chi connectivity index (χ3n) is 3.89. The SMILES string of the molecule is S=C(NCc1ccc(Cl)cc1Cl)N1CCN(c2cnccn2)CC1. The summed E-state index contributed by atoms with van der Waals surface area (Å²) < 4.78 is 0. The maximum Gasteiger partial charge on any atom is 0.169 e. The highest BCUT2D eigenvalue weighted by Gasteiger charge is 2.19. The number of nitrogens with one attached hydrogen (secondary N) is 1. The third-order valence-corrected chi connectivity index (χ3v) is 4.88. The first kappa shape index (κ1) is 17.2. The maximum atomic E-state index is 6.18. The zero-order chi connectivity index (χ0) is 16.9. The van der Waals surface area contributed by atoms with Crippen molar-refractivity contribution in [1.82, 2.24) is 20.2 Å². The predicted molar refractivity (Wildman–Crippen MR) is 102 cm³/mol. The fourth-order valence-corrected chi connectivity index (χ4v) is 3.27. The molecule has 1 fully saturated rings. The molecule has 1 aliphatic heterocycles. The zero-order valence-corrected chi connectivity index (χ0v) is 15.3. The summed E-state index contributed by atoms with van der Waals surface area (Å²) in [4.78, 5) is 12.8. The molecule has 2 heterocycles. The molecule has 0 radical (unpaired) electrons. The van der Waals surface area contributed by atoms with Crippen molar-refractivity contribution in [3.05, 3.63) is 52.4 Å². The highest BCUT2D eigenvalue weighted by molar-refractivity contribution is 7.80. The molecule has 0 unspecified atom stereocenters. The summed E-state index contributed by atoms with van der Waals surface area (Å²) in [5, 5.41) is 5.28. The smallest absolute Gasteiger partial charge is 0.169 e. The summed E-state index contributed by atoms with van der Waals surface area (Å²) in [6, 6.07) is 5.47. The van der Waals surface area contributed by atoms with E-state index in [4.69, 9.17) is 35.4 Å². The van der Waals surface area contributed by atoms with E-state index in [0.717, 1.165) is 42.7 Å². The van der Waals surface area contributed by atoms with Gasteiger partial charge >= 0.3 is 0 Å². The molecule has 0 bridgehead atoms. The predicted octanol–water partition coefficient (Wildman–Crippen LogP) is 2.98. The van der Waals surface area contributed by atoms with Crippen LogP contribution in [0.5, 0.6) is 0 Å². The molecule has 0 saturated carbocycles. The Morgan fingerprint density at radius 3 is 2.62 bits per heavy atom. The van der Waals surface area contributed by atoms with Gasteiger partial charge in [-0.2, -0.15) is 0 Å². The molecule has 5 nitrogen and oxygen atoms in total. The highest BCUT2D eigenvalue weighted by Crippen LogP contribution is 2.21. The number of hydrogen-bond donors (Lipinski definition) is 1. The fourth-order valence-electron chi connectivity index (χ4n) is 2.54. The molecule has 8 heteroatoms. The van der Waals surface area contributed by atoms with Gasteiger partial charge in [-0.15, -0.1) is 0 Å².